The number of unbranched alkanes of at least 4 members (excludes halogenated alkanes) is 1. The average Bonchev–Trinajstić information content (AvgIpc) is 2.67. The summed E-state index contributed by atoms with van der Waals surface area (Å²) in [6, 6.07) is 0. The monoisotopic (exact) mass is 329 g/mol. The molecular weight excluding hydrogens is 302 g/mol. The molecule has 2 aliphatic heterocycles. The summed E-state index contributed by atoms with van der Waals surface area (Å²) in [6.45, 7) is 3.45. The maximum absolute atomic E-state index is 12.2. The number of ether oxygens (including phenoxy) is 1. The number of rotatable bonds is 9. The third-order valence-electron chi connectivity index (χ3n) is 5.50. The summed E-state index contributed by atoms with van der Waals surface area (Å²) in [4.78, 5) is 24.3. The molecule has 0 spiro atoms. The van der Waals surface area contributed by atoms with Crippen molar-refractivity contribution in [2.45, 2.75) is 63.2 Å². The van der Waals surface area contributed by atoms with E-state index in [0.717, 1.165) is 0 Å². The topological polar surface area (TPSA) is 116 Å². The molecule has 132 valence electrons. The first-order chi connectivity index (χ1) is 10.9. The van der Waals surface area contributed by atoms with E-state index >= 15 is 0 Å². The van der Waals surface area contributed by atoms with Crippen LogP contribution in [-0.4, -0.2) is 57.7 Å². The highest BCUT2D eigenvalue weighted by molar-refractivity contribution is 6.01. The third-order valence-corrected chi connectivity index (χ3v) is 5.50. The zero-order valence-corrected chi connectivity index (χ0v) is 13.7. The summed E-state index contributed by atoms with van der Waals surface area (Å²) in [7, 11) is 0. The molecule has 4 N–H and O–H groups in total. The van der Waals surface area contributed by atoms with Crippen molar-refractivity contribution in [3.8, 4) is 0 Å². The molecule has 0 aromatic rings. The van der Waals surface area contributed by atoms with Crippen molar-refractivity contribution in [2.24, 2.45) is 11.8 Å². The van der Waals surface area contributed by atoms with Crippen LogP contribution in [0.15, 0.2) is 0 Å². The van der Waals surface area contributed by atoms with Crippen LogP contribution in [0.2, 0.25) is 0 Å². The summed E-state index contributed by atoms with van der Waals surface area (Å²) in [6.07, 6.45) is 1.48. The van der Waals surface area contributed by atoms with E-state index in [0.29, 0.717) is 25.7 Å². The summed E-state index contributed by atoms with van der Waals surface area (Å²) < 4.78 is 5.31. The molecule has 2 aliphatic rings. The van der Waals surface area contributed by atoms with Crippen molar-refractivity contribution in [3.05, 3.63) is 0 Å². The van der Waals surface area contributed by atoms with E-state index in [1.807, 2.05) is 6.92 Å². The number of aliphatic hydroxyl groups is 3. The second-order valence-corrected chi connectivity index (χ2v) is 6.79. The molecule has 2 saturated heterocycles. The normalized spacial score (nSPS) is 35.1. The molecule has 2 fully saturated rings. The minimum absolute atomic E-state index is 0.0366. The van der Waals surface area contributed by atoms with Crippen LogP contribution in [0.25, 0.3) is 0 Å². The van der Waals surface area contributed by atoms with Crippen LogP contribution < -0.4 is 5.32 Å². The minimum atomic E-state index is -1.20. The van der Waals surface area contributed by atoms with Crippen LogP contribution in [-0.2, 0) is 14.3 Å². The maximum Gasteiger partial charge on any atom is 0.336 e. The van der Waals surface area contributed by atoms with Crippen LogP contribution in [0.4, 0.5) is 0 Å². The molecule has 0 radical (unpaired) electrons. The number of carbonyl (C=O) groups is 2. The fraction of sp³-hybridized carbons (Fsp3) is 0.875. The summed E-state index contributed by atoms with van der Waals surface area (Å²) in [5.74, 6) is -1.57. The van der Waals surface area contributed by atoms with Crippen molar-refractivity contribution >= 4 is 11.9 Å². The van der Waals surface area contributed by atoms with Crippen molar-refractivity contribution in [3.63, 3.8) is 0 Å². The van der Waals surface area contributed by atoms with Crippen LogP contribution in [0.5, 0.6) is 0 Å². The third kappa shape index (κ3) is 2.75. The molecule has 0 bridgehead atoms. The molecule has 0 aromatic carbocycles. The van der Waals surface area contributed by atoms with E-state index in [1.54, 1.807) is 6.92 Å². The first-order valence-electron chi connectivity index (χ1n) is 8.31. The Morgan fingerprint density at radius 1 is 1.30 bits per heavy atom. The van der Waals surface area contributed by atoms with Crippen LogP contribution >= 0.6 is 0 Å². The number of hydrogen-bond acceptors (Lipinski definition) is 6. The lowest BCUT2D eigenvalue weighted by atomic mass is 9.67. The molecule has 7 heteroatoms. The van der Waals surface area contributed by atoms with Gasteiger partial charge in [-0.2, -0.15) is 0 Å². The first kappa shape index (κ1) is 18.2. The standard InChI is InChI=1S/C16H27NO6/c1-3-11-13(21)17-16(14(22)23-15(11,16)2)8-12(20)10(9-19)6-4-5-7-18/h10-12,18-20H,3-9H2,1-2H3,(H,17,21)/t10?,11-,12?,15-,16-/m0/s1. The molecule has 2 rings (SSSR count). The number of fused-ring (bicyclic) bond motifs is 1. The molecule has 1 amide bonds. The molecule has 0 aliphatic carbocycles. The van der Waals surface area contributed by atoms with Gasteiger partial charge in [0, 0.05) is 25.6 Å². The Bertz CT molecular complexity index is 469. The Kier molecular flexibility index (Phi) is 5.33. The van der Waals surface area contributed by atoms with Crippen molar-refractivity contribution in [1.82, 2.24) is 5.32 Å². The van der Waals surface area contributed by atoms with E-state index in [2.05, 4.69) is 5.32 Å². The molecule has 2 unspecified atom stereocenters. The number of carbonyl (C=O) groups excluding carboxylic acids is 2. The quantitative estimate of drug-likeness (QED) is 0.341. The highest BCUT2D eigenvalue weighted by atomic mass is 16.6. The number of nitrogens with one attached hydrogen (secondary N) is 1. The van der Waals surface area contributed by atoms with Gasteiger partial charge in [-0.05, 0) is 26.2 Å². The van der Waals surface area contributed by atoms with Gasteiger partial charge in [0.15, 0.2) is 11.1 Å². The molecule has 5 atom stereocenters. The van der Waals surface area contributed by atoms with Gasteiger partial charge >= 0.3 is 5.97 Å². The number of amides is 1. The Morgan fingerprint density at radius 3 is 2.52 bits per heavy atom. The molecule has 7 nitrogen and oxygen atoms in total. The Balaban J connectivity index is 2.10. The van der Waals surface area contributed by atoms with Gasteiger partial charge in [-0.1, -0.05) is 13.3 Å². The second-order valence-electron chi connectivity index (χ2n) is 6.79. The van der Waals surface area contributed by atoms with Gasteiger partial charge in [-0.15, -0.1) is 0 Å². The van der Waals surface area contributed by atoms with Crippen LogP contribution in [0.3, 0.4) is 0 Å². The van der Waals surface area contributed by atoms with Crippen molar-refractivity contribution in [1.29, 1.82) is 0 Å². The fourth-order valence-electron chi connectivity index (χ4n) is 3.93. The molecular formula is C16H27NO6. The predicted molar refractivity (Wildman–Crippen MR) is 81.3 cm³/mol. The second kappa shape index (κ2) is 6.75. The smallest absolute Gasteiger partial charge is 0.336 e. The van der Waals surface area contributed by atoms with Gasteiger partial charge in [-0.25, -0.2) is 4.79 Å². The highest BCUT2D eigenvalue weighted by Crippen LogP contribution is 2.52. The van der Waals surface area contributed by atoms with E-state index in [4.69, 9.17) is 9.84 Å². The van der Waals surface area contributed by atoms with Gasteiger partial charge < -0.3 is 25.4 Å². The van der Waals surface area contributed by atoms with Gasteiger partial charge in [0.1, 0.15) is 0 Å². The Morgan fingerprint density at radius 2 is 2.00 bits per heavy atom. The van der Waals surface area contributed by atoms with Gasteiger partial charge in [0.25, 0.3) is 0 Å². The van der Waals surface area contributed by atoms with Crippen LogP contribution in [0, 0.1) is 11.8 Å². The van der Waals surface area contributed by atoms with Gasteiger partial charge in [-0.3, -0.25) is 4.79 Å². The summed E-state index contributed by atoms with van der Waals surface area (Å²) >= 11 is 0. The van der Waals surface area contributed by atoms with Gasteiger partial charge in [0.2, 0.25) is 5.91 Å². The predicted octanol–water partition coefficient (Wildman–Crippen LogP) is -0.281. The first-order valence-corrected chi connectivity index (χ1v) is 8.31. The van der Waals surface area contributed by atoms with Gasteiger partial charge in [0.05, 0.1) is 12.0 Å². The Hall–Kier alpha value is -1.18. The highest BCUT2D eigenvalue weighted by Gasteiger charge is 2.76. The van der Waals surface area contributed by atoms with E-state index in [-0.39, 0.29) is 25.5 Å². The molecule has 2 heterocycles. The zero-order valence-electron chi connectivity index (χ0n) is 13.7. The van der Waals surface area contributed by atoms with E-state index < -0.39 is 35.0 Å². The van der Waals surface area contributed by atoms with E-state index in [1.165, 1.54) is 0 Å². The summed E-state index contributed by atoms with van der Waals surface area (Å²) in [5.41, 5.74) is -2.14. The maximum atomic E-state index is 12.2. The molecule has 0 aromatic heterocycles. The largest absolute Gasteiger partial charge is 0.453 e. The fourth-order valence-corrected chi connectivity index (χ4v) is 3.93. The SMILES string of the molecule is CC[C@H]1C(=O)N[C@@]2(CC(O)C(CO)CCCCO)C(=O)O[C@@]12C. The van der Waals surface area contributed by atoms with Crippen molar-refractivity contribution in [2.75, 3.05) is 13.2 Å². The average molecular weight is 329 g/mol. The van der Waals surface area contributed by atoms with Crippen LogP contribution in [0.1, 0.15) is 46.0 Å². The minimum Gasteiger partial charge on any atom is -0.453 e. The molecule has 23 heavy (non-hydrogen) atoms. The Labute approximate surface area is 136 Å². The number of esters is 1. The lowest BCUT2D eigenvalue weighted by Gasteiger charge is -2.52. The molecule has 0 saturated carbocycles. The number of aliphatic hydroxyl groups excluding tert-OH is 3. The lowest BCUT2D eigenvalue weighted by Crippen LogP contribution is -2.75. The lowest BCUT2D eigenvalue weighted by molar-refractivity contribution is -0.225. The zero-order chi connectivity index (χ0) is 17.3. The van der Waals surface area contributed by atoms with E-state index in [9.17, 15) is 19.8 Å². The number of hydrogen-bond donors (Lipinski definition) is 4. The van der Waals surface area contributed by atoms with Crippen molar-refractivity contribution < 1.29 is 29.6 Å². The summed E-state index contributed by atoms with van der Waals surface area (Å²) in [5, 5.41) is 31.5.